The molecule has 0 bridgehead atoms. The lowest BCUT2D eigenvalue weighted by Gasteiger charge is -2.11. The molecular formula is C36H28FN3O5. The molecule has 0 saturated carbocycles. The number of aromatic nitrogens is 3. The molecule has 0 atom stereocenters. The average Bonchev–Trinajstić information content (AvgIpc) is 3.61. The maximum Gasteiger partial charge on any atom is 0.335 e. The van der Waals surface area contributed by atoms with E-state index >= 15 is 4.39 Å². The molecule has 0 aliphatic rings. The third-order valence-corrected chi connectivity index (χ3v) is 7.88. The van der Waals surface area contributed by atoms with E-state index in [0.29, 0.717) is 52.7 Å². The molecular weight excluding hydrogens is 573 g/mol. The van der Waals surface area contributed by atoms with Gasteiger partial charge in [0.05, 0.1) is 28.9 Å². The van der Waals surface area contributed by atoms with E-state index in [1.54, 1.807) is 31.4 Å². The predicted molar refractivity (Wildman–Crippen MR) is 169 cm³/mol. The van der Waals surface area contributed by atoms with Crippen LogP contribution in [0.2, 0.25) is 0 Å². The fraction of sp³-hybridized carbons (Fsp3) is 0.139. The van der Waals surface area contributed by atoms with Crippen LogP contribution in [0.3, 0.4) is 0 Å². The molecule has 0 fully saturated rings. The number of carboxylic acid groups (broad SMARTS) is 1. The highest BCUT2D eigenvalue weighted by Gasteiger charge is 2.17. The molecule has 7 rings (SSSR count). The van der Waals surface area contributed by atoms with Crippen molar-refractivity contribution in [2.24, 2.45) is 0 Å². The second-order valence-electron chi connectivity index (χ2n) is 10.7. The summed E-state index contributed by atoms with van der Waals surface area (Å²) in [6, 6.07) is 29.1. The maximum absolute atomic E-state index is 15.5. The Morgan fingerprint density at radius 3 is 2.60 bits per heavy atom. The number of aromatic carboxylic acids is 1. The van der Waals surface area contributed by atoms with E-state index in [1.165, 1.54) is 12.1 Å². The molecule has 0 aliphatic heterocycles. The molecule has 0 saturated heterocycles. The molecule has 0 aliphatic carbocycles. The first-order valence-electron chi connectivity index (χ1n) is 14.5. The van der Waals surface area contributed by atoms with Crippen LogP contribution in [-0.2, 0) is 24.3 Å². The van der Waals surface area contributed by atoms with Gasteiger partial charge in [-0.3, -0.25) is 0 Å². The van der Waals surface area contributed by atoms with Crippen LogP contribution < -0.4 is 4.74 Å². The van der Waals surface area contributed by atoms with Crippen LogP contribution in [0.25, 0.3) is 44.2 Å². The summed E-state index contributed by atoms with van der Waals surface area (Å²) in [7, 11) is 1.59. The van der Waals surface area contributed by atoms with Crippen molar-refractivity contribution in [2.75, 3.05) is 13.7 Å². The number of pyridine rings is 1. The Bertz CT molecular complexity index is 2200. The number of fused-ring (bicyclic) bond motifs is 4. The average molecular weight is 602 g/mol. The Labute approximate surface area is 257 Å². The minimum absolute atomic E-state index is 0.161. The number of hydrogen-bond donors (Lipinski definition) is 1. The first-order valence-corrected chi connectivity index (χ1v) is 14.5. The Balaban J connectivity index is 1.12. The van der Waals surface area contributed by atoms with Crippen LogP contribution in [0.1, 0.15) is 27.3 Å². The SMILES string of the molecule is COCCn1c(Cc2ccc(-c3cccc(OCc4cccc5c4oc4ccccc45)n3)cc2F)nc2ccc(C(=O)O)cc21. The van der Waals surface area contributed by atoms with Crippen LogP contribution in [0.15, 0.2) is 101 Å². The number of hydrogen-bond acceptors (Lipinski definition) is 6. The van der Waals surface area contributed by atoms with Gasteiger partial charge in [0.15, 0.2) is 0 Å². The van der Waals surface area contributed by atoms with Crippen molar-refractivity contribution >= 4 is 38.9 Å². The van der Waals surface area contributed by atoms with Gasteiger partial charge in [-0.1, -0.05) is 54.6 Å². The zero-order valence-corrected chi connectivity index (χ0v) is 24.4. The van der Waals surface area contributed by atoms with Gasteiger partial charge in [-0.25, -0.2) is 19.2 Å². The minimum atomic E-state index is -1.02. The van der Waals surface area contributed by atoms with Crippen molar-refractivity contribution in [1.29, 1.82) is 0 Å². The van der Waals surface area contributed by atoms with Gasteiger partial charge in [0.25, 0.3) is 0 Å². The van der Waals surface area contributed by atoms with Crippen LogP contribution in [0, 0.1) is 5.82 Å². The van der Waals surface area contributed by atoms with Gasteiger partial charge in [0.2, 0.25) is 5.88 Å². The van der Waals surface area contributed by atoms with Crippen LogP contribution in [0.5, 0.6) is 5.88 Å². The number of carboxylic acids is 1. The highest BCUT2D eigenvalue weighted by molar-refractivity contribution is 6.05. The quantitative estimate of drug-likeness (QED) is 0.172. The maximum atomic E-state index is 15.5. The number of carbonyl (C=O) groups is 1. The molecule has 1 N–H and O–H groups in total. The fourth-order valence-electron chi connectivity index (χ4n) is 5.62. The highest BCUT2D eigenvalue weighted by Crippen LogP contribution is 2.31. The molecule has 224 valence electrons. The number of ether oxygens (including phenoxy) is 2. The van der Waals surface area contributed by atoms with E-state index in [0.717, 1.165) is 27.5 Å². The van der Waals surface area contributed by atoms with Crippen molar-refractivity contribution in [2.45, 2.75) is 19.6 Å². The molecule has 8 nitrogen and oxygen atoms in total. The second-order valence-corrected chi connectivity index (χ2v) is 10.7. The summed E-state index contributed by atoms with van der Waals surface area (Å²) < 4.78 is 34.8. The Morgan fingerprint density at radius 2 is 1.76 bits per heavy atom. The van der Waals surface area contributed by atoms with E-state index < -0.39 is 11.8 Å². The number of para-hydroxylation sites is 2. The third kappa shape index (κ3) is 5.49. The molecule has 3 aromatic heterocycles. The number of benzene rings is 4. The summed E-state index contributed by atoms with van der Waals surface area (Å²) in [5, 5.41) is 11.5. The lowest BCUT2D eigenvalue weighted by molar-refractivity contribution is 0.0697. The normalized spacial score (nSPS) is 11.5. The van der Waals surface area contributed by atoms with E-state index in [-0.39, 0.29) is 18.6 Å². The summed E-state index contributed by atoms with van der Waals surface area (Å²) >= 11 is 0. The Hall–Kier alpha value is -5.54. The zero-order valence-electron chi connectivity index (χ0n) is 24.4. The largest absolute Gasteiger partial charge is 0.478 e. The van der Waals surface area contributed by atoms with Crippen molar-refractivity contribution < 1.29 is 28.2 Å². The second kappa shape index (κ2) is 11.9. The first-order chi connectivity index (χ1) is 22.0. The molecule has 4 aromatic carbocycles. The smallest absolute Gasteiger partial charge is 0.335 e. The zero-order chi connectivity index (χ0) is 30.9. The van der Waals surface area contributed by atoms with Gasteiger partial charge in [-0.05, 0) is 42.0 Å². The Kier molecular flexibility index (Phi) is 7.44. The van der Waals surface area contributed by atoms with E-state index in [1.807, 2.05) is 65.2 Å². The van der Waals surface area contributed by atoms with Gasteiger partial charge in [0, 0.05) is 48.0 Å². The summed E-state index contributed by atoms with van der Waals surface area (Å²) in [5.74, 6) is -0.387. The van der Waals surface area contributed by atoms with Crippen LogP contribution in [0.4, 0.5) is 4.39 Å². The molecule has 7 aromatic rings. The van der Waals surface area contributed by atoms with Crippen LogP contribution in [-0.4, -0.2) is 39.3 Å². The van der Waals surface area contributed by atoms with Gasteiger partial charge in [-0.2, -0.15) is 0 Å². The van der Waals surface area contributed by atoms with Gasteiger partial charge in [0.1, 0.15) is 29.4 Å². The standard InChI is InChI=1S/C36H28FN3O5/c1-43-17-16-40-31-19-24(36(41)42)14-15-30(31)38-33(40)20-22-12-13-23(18-28(22)37)29-9-5-11-34(39-29)44-21-25-6-4-8-27-26-7-2-3-10-32(26)45-35(25)27/h2-15,18-19H,16-17,20-21H2,1H3,(H,41,42). The molecule has 0 unspecified atom stereocenters. The van der Waals surface area contributed by atoms with Gasteiger partial charge in [-0.15, -0.1) is 0 Å². The van der Waals surface area contributed by atoms with E-state index in [9.17, 15) is 9.90 Å². The molecule has 0 amide bonds. The van der Waals surface area contributed by atoms with Crippen molar-refractivity contribution in [3.8, 4) is 17.1 Å². The lowest BCUT2D eigenvalue weighted by Crippen LogP contribution is -2.10. The van der Waals surface area contributed by atoms with Crippen molar-refractivity contribution in [1.82, 2.24) is 14.5 Å². The molecule has 3 heterocycles. The number of halogens is 1. The highest BCUT2D eigenvalue weighted by atomic mass is 19.1. The Morgan fingerprint density at radius 1 is 0.911 bits per heavy atom. The number of methoxy groups -OCH3 is 1. The third-order valence-electron chi connectivity index (χ3n) is 7.88. The molecule has 45 heavy (non-hydrogen) atoms. The monoisotopic (exact) mass is 601 g/mol. The number of imidazole rings is 1. The topological polar surface area (TPSA) is 99.6 Å². The molecule has 9 heteroatoms. The summed E-state index contributed by atoms with van der Waals surface area (Å²) in [6.45, 7) is 1.11. The molecule has 0 radical (unpaired) electrons. The summed E-state index contributed by atoms with van der Waals surface area (Å²) in [6.07, 6.45) is 0.219. The van der Waals surface area contributed by atoms with E-state index in [2.05, 4.69) is 9.97 Å². The summed E-state index contributed by atoms with van der Waals surface area (Å²) in [5.41, 5.74) is 5.62. The minimum Gasteiger partial charge on any atom is -0.478 e. The van der Waals surface area contributed by atoms with Crippen molar-refractivity contribution in [3.63, 3.8) is 0 Å². The van der Waals surface area contributed by atoms with Gasteiger partial charge < -0.3 is 23.6 Å². The van der Waals surface area contributed by atoms with Crippen molar-refractivity contribution in [3.05, 3.63) is 125 Å². The van der Waals surface area contributed by atoms with Gasteiger partial charge >= 0.3 is 5.97 Å². The summed E-state index contributed by atoms with van der Waals surface area (Å²) in [4.78, 5) is 20.9. The lowest BCUT2D eigenvalue weighted by atomic mass is 10.1. The van der Waals surface area contributed by atoms with E-state index in [4.69, 9.17) is 13.9 Å². The number of nitrogens with zero attached hydrogens (tertiary/aromatic N) is 3. The van der Waals surface area contributed by atoms with Crippen LogP contribution >= 0.6 is 0 Å². The predicted octanol–water partition coefficient (Wildman–Crippen LogP) is 7.65. The first kappa shape index (κ1) is 28.2. The fourth-order valence-corrected chi connectivity index (χ4v) is 5.62. The number of rotatable bonds is 10. The number of furan rings is 1. The molecule has 0 spiro atoms.